The van der Waals surface area contributed by atoms with Crippen LogP contribution in [-0.2, 0) is 6.54 Å². The molecule has 25 heavy (non-hydrogen) atoms. The zero-order valence-electron chi connectivity index (χ0n) is 14.7. The van der Waals surface area contributed by atoms with Crippen LogP contribution in [0, 0.1) is 0 Å². The van der Waals surface area contributed by atoms with Crippen LogP contribution in [0.3, 0.4) is 0 Å². The predicted molar refractivity (Wildman–Crippen MR) is 99.3 cm³/mol. The van der Waals surface area contributed by atoms with Gasteiger partial charge in [0.15, 0.2) is 0 Å². The third kappa shape index (κ3) is 5.84. The summed E-state index contributed by atoms with van der Waals surface area (Å²) in [6.07, 6.45) is 0. The van der Waals surface area contributed by atoms with Gasteiger partial charge in [0.2, 0.25) is 0 Å². The van der Waals surface area contributed by atoms with Gasteiger partial charge in [0.05, 0.1) is 5.69 Å². The minimum Gasteiger partial charge on any atom is -0.336 e. The van der Waals surface area contributed by atoms with E-state index >= 15 is 0 Å². The number of hydrazine groups is 1. The van der Waals surface area contributed by atoms with Crippen molar-refractivity contribution < 1.29 is 9.59 Å². The number of carbonyl (C=O) groups excluding carboxylic acids is 2. The molecule has 2 aromatic carbocycles. The number of nitrogens with zero attached hydrogens (tertiary/aromatic N) is 1. The Labute approximate surface area is 148 Å². The molecule has 6 nitrogen and oxygen atoms in total. The van der Waals surface area contributed by atoms with Gasteiger partial charge in [0.25, 0.3) is 5.91 Å². The molecule has 0 spiro atoms. The average Bonchev–Trinajstić information content (AvgIpc) is 2.60. The summed E-state index contributed by atoms with van der Waals surface area (Å²) in [6.45, 7) is 4.21. The highest BCUT2D eigenvalue weighted by molar-refractivity contribution is 5.95. The van der Waals surface area contributed by atoms with E-state index in [1.807, 2.05) is 56.3 Å². The lowest BCUT2D eigenvalue weighted by Crippen LogP contribution is -2.39. The lowest BCUT2D eigenvalue weighted by Gasteiger charge is -2.20. The van der Waals surface area contributed by atoms with Crippen molar-refractivity contribution >= 4 is 17.6 Å². The van der Waals surface area contributed by atoms with Crippen LogP contribution in [0.2, 0.25) is 0 Å². The van der Waals surface area contributed by atoms with E-state index < -0.39 is 0 Å². The highest BCUT2D eigenvalue weighted by Gasteiger charge is 2.09. The molecule has 0 aliphatic rings. The van der Waals surface area contributed by atoms with E-state index in [1.54, 1.807) is 24.2 Å². The lowest BCUT2D eigenvalue weighted by atomic mass is 10.1. The van der Waals surface area contributed by atoms with Crippen molar-refractivity contribution in [1.29, 1.82) is 0 Å². The molecule has 0 radical (unpaired) electrons. The fourth-order valence-electron chi connectivity index (χ4n) is 2.20. The third-order valence-corrected chi connectivity index (χ3v) is 3.50. The van der Waals surface area contributed by atoms with Crippen LogP contribution in [0.15, 0.2) is 54.6 Å². The van der Waals surface area contributed by atoms with Crippen LogP contribution in [0.4, 0.5) is 10.5 Å². The first-order valence-corrected chi connectivity index (χ1v) is 8.19. The topological polar surface area (TPSA) is 73.5 Å². The van der Waals surface area contributed by atoms with Crippen LogP contribution < -0.4 is 21.1 Å². The fraction of sp³-hybridized carbons (Fsp3) is 0.263. The van der Waals surface area contributed by atoms with Crippen LogP contribution in [0.1, 0.15) is 29.8 Å². The number of hydrogen-bond acceptors (Lipinski definition) is 3. The van der Waals surface area contributed by atoms with Crippen molar-refractivity contribution in [1.82, 2.24) is 16.1 Å². The number of nitrogens with one attached hydrogen (secondary N) is 3. The molecule has 132 valence electrons. The zero-order valence-corrected chi connectivity index (χ0v) is 14.7. The highest BCUT2D eigenvalue weighted by atomic mass is 16.2. The molecular formula is C19H24N4O2. The molecule has 0 unspecified atom stereocenters. The molecule has 0 fully saturated rings. The summed E-state index contributed by atoms with van der Waals surface area (Å²) in [5.74, 6) is -0.191. The second kappa shape index (κ2) is 8.73. The van der Waals surface area contributed by atoms with E-state index in [9.17, 15) is 9.59 Å². The molecule has 0 heterocycles. The Balaban J connectivity index is 1.88. The van der Waals surface area contributed by atoms with Gasteiger partial charge >= 0.3 is 6.03 Å². The second-order valence-electron chi connectivity index (χ2n) is 6.01. The van der Waals surface area contributed by atoms with Gasteiger partial charge in [-0.3, -0.25) is 15.2 Å². The number of amides is 3. The normalized spacial score (nSPS) is 10.2. The molecule has 2 rings (SSSR count). The Bertz CT molecular complexity index is 699. The quantitative estimate of drug-likeness (QED) is 0.708. The molecule has 2 aromatic rings. The molecule has 0 aromatic heterocycles. The minimum atomic E-state index is -0.207. The number of para-hydroxylation sites is 1. The maximum Gasteiger partial charge on any atom is 0.315 e. The molecule has 0 bridgehead atoms. The lowest BCUT2D eigenvalue weighted by molar-refractivity contribution is 0.0951. The van der Waals surface area contributed by atoms with E-state index in [0.29, 0.717) is 12.1 Å². The molecule has 3 N–H and O–H groups in total. The standard InChI is InChI=1S/C19H24N4O2/c1-14(2)21-19(25)20-13-15-9-11-16(12-10-15)18(24)22-23(3)17-7-5-4-6-8-17/h4-12,14H,13H2,1-3H3,(H,22,24)(H2,20,21,25). The Morgan fingerprint density at radius 2 is 1.64 bits per heavy atom. The summed E-state index contributed by atoms with van der Waals surface area (Å²) >= 11 is 0. The average molecular weight is 340 g/mol. The molecule has 3 amide bonds. The summed E-state index contributed by atoms with van der Waals surface area (Å²) in [6, 6.07) is 16.6. The Morgan fingerprint density at radius 1 is 1.00 bits per heavy atom. The van der Waals surface area contributed by atoms with Gasteiger partial charge in [0.1, 0.15) is 0 Å². The van der Waals surface area contributed by atoms with Crippen molar-refractivity contribution in [2.45, 2.75) is 26.4 Å². The smallest absolute Gasteiger partial charge is 0.315 e. The van der Waals surface area contributed by atoms with Crippen molar-refractivity contribution in [3.63, 3.8) is 0 Å². The molecule has 0 aliphatic heterocycles. The van der Waals surface area contributed by atoms with Gasteiger partial charge in [-0.05, 0) is 43.7 Å². The first kappa shape index (κ1) is 18.3. The van der Waals surface area contributed by atoms with Crippen molar-refractivity contribution in [2.24, 2.45) is 0 Å². The summed E-state index contributed by atoms with van der Waals surface area (Å²) < 4.78 is 0. The first-order chi connectivity index (χ1) is 12.0. The SMILES string of the molecule is CC(C)NC(=O)NCc1ccc(C(=O)NN(C)c2ccccc2)cc1. The summed E-state index contributed by atoms with van der Waals surface area (Å²) in [4.78, 5) is 23.9. The Morgan fingerprint density at radius 3 is 2.24 bits per heavy atom. The van der Waals surface area contributed by atoms with Crippen LogP contribution in [0.25, 0.3) is 0 Å². The number of carbonyl (C=O) groups is 2. The van der Waals surface area contributed by atoms with E-state index in [0.717, 1.165) is 11.3 Å². The summed E-state index contributed by atoms with van der Waals surface area (Å²) in [5, 5.41) is 7.21. The monoisotopic (exact) mass is 340 g/mol. The maximum atomic E-state index is 12.3. The van der Waals surface area contributed by atoms with Gasteiger partial charge in [-0.2, -0.15) is 0 Å². The number of hydrogen-bond donors (Lipinski definition) is 3. The number of anilines is 1. The first-order valence-electron chi connectivity index (χ1n) is 8.19. The van der Waals surface area contributed by atoms with Crippen LogP contribution in [0.5, 0.6) is 0 Å². The summed E-state index contributed by atoms with van der Waals surface area (Å²) in [7, 11) is 1.79. The van der Waals surface area contributed by atoms with Gasteiger partial charge < -0.3 is 10.6 Å². The third-order valence-electron chi connectivity index (χ3n) is 3.50. The van der Waals surface area contributed by atoms with Crippen molar-refractivity contribution in [2.75, 3.05) is 12.1 Å². The Kier molecular flexibility index (Phi) is 6.39. The number of benzene rings is 2. The molecule has 0 saturated carbocycles. The Hall–Kier alpha value is -3.02. The molecule has 0 aliphatic carbocycles. The van der Waals surface area contributed by atoms with E-state index in [-0.39, 0.29) is 18.0 Å². The second-order valence-corrected chi connectivity index (χ2v) is 6.01. The zero-order chi connectivity index (χ0) is 18.2. The number of urea groups is 1. The molecule has 6 heteroatoms. The predicted octanol–water partition coefficient (Wildman–Crippen LogP) is 2.68. The summed E-state index contributed by atoms with van der Waals surface area (Å²) in [5.41, 5.74) is 5.19. The molecule has 0 atom stereocenters. The molecular weight excluding hydrogens is 316 g/mol. The highest BCUT2D eigenvalue weighted by Crippen LogP contribution is 2.10. The van der Waals surface area contributed by atoms with E-state index in [4.69, 9.17) is 0 Å². The maximum absolute atomic E-state index is 12.3. The number of rotatable bonds is 6. The van der Waals surface area contributed by atoms with Gasteiger partial charge in [-0.15, -0.1) is 0 Å². The van der Waals surface area contributed by atoms with Crippen molar-refractivity contribution in [3.05, 3.63) is 65.7 Å². The van der Waals surface area contributed by atoms with Crippen LogP contribution in [-0.4, -0.2) is 25.0 Å². The van der Waals surface area contributed by atoms with E-state index in [2.05, 4.69) is 16.1 Å². The largest absolute Gasteiger partial charge is 0.336 e. The molecule has 0 saturated heterocycles. The van der Waals surface area contributed by atoms with Gasteiger partial charge in [-0.25, -0.2) is 4.79 Å². The van der Waals surface area contributed by atoms with E-state index in [1.165, 1.54) is 0 Å². The van der Waals surface area contributed by atoms with Gasteiger partial charge in [-0.1, -0.05) is 30.3 Å². The van der Waals surface area contributed by atoms with Gasteiger partial charge in [0, 0.05) is 25.2 Å². The van der Waals surface area contributed by atoms with Crippen LogP contribution >= 0.6 is 0 Å². The van der Waals surface area contributed by atoms with Crippen molar-refractivity contribution in [3.8, 4) is 0 Å². The fourth-order valence-corrected chi connectivity index (χ4v) is 2.20. The minimum absolute atomic E-state index is 0.0904.